The average molecular weight is 400 g/mol. The Morgan fingerprint density at radius 3 is 2.45 bits per heavy atom. The van der Waals surface area contributed by atoms with E-state index in [0.717, 1.165) is 23.3 Å². The predicted octanol–water partition coefficient (Wildman–Crippen LogP) is 5.39. The zero-order valence-corrected chi connectivity index (χ0v) is 18.7. The molecule has 3 rings (SSSR count). The van der Waals surface area contributed by atoms with E-state index in [-0.39, 0.29) is 23.1 Å². The standard InChI is InChI=1S/C24H33NO4/c1-8-18(25-28-9-2)22-19(26)10-16(11-20(22)27)21-13(3)14(4)23-17(15(21)5)12-24(6,7)29-23/h16,26H,8-12H2,1-7H3. The van der Waals surface area contributed by atoms with Gasteiger partial charge in [-0.1, -0.05) is 12.1 Å². The fraction of sp³-hybridized carbons (Fsp3) is 0.583. The fourth-order valence-electron chi connectivity index (χ4n) is 4.77. The third kappa shape index (κ3) is 3.79. The van der Waals surface area contributed by atoms with Gasteiger partial charge in [0.25, 0.3) is 0 Å². The first-order chi connectivity index (χ1) is 13.6. The number of rotatable bonds is 5. The number of aliphatic hydroxyl groups excluding tert-OH is 1. The summed E-state index contributed by atoms with van der Waals surface area (Å²) in [5.41, 5.74) is 6.57. The van der Waals surface area contributed by atoms with Gasteiger partial charge in [0.15, 0.2) is 5.78 Å². The van der Waals surface area contributed by atoms with Gasteiger partial charge in [-0.3, -0.25) is 4.79 Å². The van der Waals surface area contributed by atoms with E-state index in [9.17, 15) is 9.90 Å². The molecule has 1 aromatic rings. The number of hydrogen-bond acceptors (Lipinski definition) is 5. The molecule has 5 nitrogen and oxygen atoms in total. The topological polar surface area (TPSA) is 68.1 Å². The van der Waals surface area contributed by atoms with Crippen molar-refractivity contribution in [3.63, 3.8) is 0 Å². The van der Waals surface area contributed by atoms with Crippen molar-refractivity contribution in [3.8, 4) is 5.75 Å². The molecule has 1 aliphatic carbocycles. The Morgan fingerprint density at radius 1 is 1.17 bits per heavy atom. The number of ether oxygens (including phenoxy) is 1. The third-order valence-corrected chi connectivity index (χ3v) is 6.19. The number of carbonyl (C=O) groups excluding carboxylic acids is 1. The van der Waals surface area contributed by atoms with Gasteiger partial charge in [0.2, 0.25) is 0 Å². The highest BCUT2D eigenvalue weighted by Crippen LogP contribution is 2.46. The number of fused-ring (bicyclic) bond motifs is 1. The zero-order valence-electron chi connectivity index (χ0n) is 18.7. The normalized spacial score (nSPS) is 21.3. The first-order valence-electron chi connectivity index (χ1n) is 10.6. The van der Waals surface area contributed by atoms with Crippen LogP contribution in [0.2, 0.25) is 0 Å². The molecular weight excluding hydrogens is 366 g/mol. The molecule has 1 aromatic carbocycles. The van der Waals surface area contributed by atoms with Crippen molar-refractivity contribution in [2.75, 3.05) is 6.61 Å². The molecule has 158 valence electrons. The molecule has 0 saturated heterocycles. The van der Waals surface area contributed by atoms with E-state index >= 15 is 0 Å². The molecule has 1 aliphatic heterocycles. The number of aliphatic hydroxyl groups is 1. The van der Waals surface area contributed by atoms with E-state index in [2.05, 4.69) is 39.8 Å². The maximum Gasteiger partial charge on any atom is 0.168 e. The van der Waals surface area contributed by atoms with Crippen LogP contribution in [0.4, 0.5) is 0 Å². The van der Waals surface area contributed by atoms with Crippen LogP contribution in [-0.4, -0.2) is 28.8 Å². The SMILES string of the molecule is CCON=C(CC)C1=C(O)CC(c2c(C)c(C)c3c(c2C)CC(C)(C)O3)CC1=O. The number of allylic oxidation sites excluding steroid dienone is 2. The van der Waals surface area contributed by atoms with Crippen molar-refractivity contribution in [2.45, 2.75) is 85.7 Å². The van der Waals surface area contributed by atoms with Crippen LogP contribution in [0.1, 0.15) is 80.7 Å². The minimum Gasteiger partial charge on any atom is -0.511 e. The van der Waals surface area contributed by atoms with E-state index in [1.54, 1.807) is 0 Å². The monoisotopic (exact) mass is 399 g/mol. The van der Waals surface area contributed by atoms with Crippen LogP contribution >= 0.6 is 0 Å². The summed E-state index contributed by atoms with van der Waals surface area (Å²) in [6.45, 7) is 14.7. The number of ketones is 1. The van der Waals surface area contributed by atoms with Gasteiger partial charge in [-0.15, -0.1) is 0 Å². The fourth-order valence-corrected chi connectivity index (χ4v) is 4.77. The van der Waals surface area contributed by atoms with Crippen LogP contribution in [0.25, 0.3) is 0 Å². The van der Waals surface area contributed by atoms with Crippen molar-refractivity contribution < 1.29 is 19.5 Å². The molecule has 2 aliphatic rings. The summed E-state index contributed by atoms with van der Waals surface area (Å²) in [7, 11) is 0. The van der Waals surface area contributed by atoms with Gasteiger partial charge in [0.05, 0.1) is 11.3 Å². The number of hydrogen-bond donors (Lipinski definition) is 1. The Labute approximate surface area is 173 Å². The molecule has 1 heterocycles. The van der Waals surface area contributed by atoms with Gasteiger partial charge in [0.1, 0.15) is 23.7 Å². The van der Waals surface area contributed by atoms with E-state index in [0.29, 0.717) is 37.2 Å². The van der Waals surface area contributed by atoms with Crippen molar-refractivity contribution in [3.05, 3.63) is 39.1 Å². The van der Waals surface area contributed by atoms with E-state index < -0.39 is 0 Å². The Hall–Kier alpha value is -2.30. The van der Waals surface area contributed by atoms with Gasteiger partial charge in [-0.25, -0.2) is 0 Å². The van der Waals surface area contributed by atoms with Gasteiger partial charge in [0, 0.05) is 24.8 Å². The lowest BCUT2D eigenvalue weighted by Crippen LogP contribution is -2.25. The summed E-state index contributed by atoms with van der Waals surface area (Å²) < 4.78 is 6.22. The zero-order chi connectivity index (χ0) is 21.5. The second kappa shape index (κ2) is 7.85. The molecule has 0 aromatic heterocycles. The Bertz CT molecular complexity index is 908. The molecular formula is C24H33NO4. The average Bonchev–Trinajstić information content (AvgIpc) is 2.98. The third-order valence-electron chi connectivity index (χ3n) is 6.19. The summed E-state index contributed by atoms with van der Waals surface area (Å²) in [6.07, 6.45) is 2.21. The van der Waals surface area contributed by atoms with Crippen molar-refractivity contribution in [1.29, 1.82) is 0 Å². The van der Waals surface area contributed by atoms with Crippen molar-refractivity contribution in [2.24, 2.45) is 5.16 Å². The Balaban J connectivity index is 2.03. The molecule has 1 unspecified atom stereocenters. The summed E-state index contributed by atoms with van der Waals surface area (Å²) >= 11 is 0. The van der Waals surface area contributed by atoms with Gasteiger partial charge < -0.3 is 14.7 Å². The number of nitrogens with zero attached hydrogens (tertiary/aromatic N) is 1. The predicted molar refractivity (Wildman–Crippen MR) is 115 cm³/mol. The van der Waals surface area contributed by atoms with Crippen LogP contribution in [0, 0.1) is 20.8 Å². The first kappa shape index (κ1) is 21.4. The van der Waals surface area contributed by atoms with Gasteiger partial charge in [-0.05, 0) is 76.1 Å². The molecule has 0 amide bonds. The van der Waals surface area contributed by atoms with Crippen LogP contribution in [0.3, 0.4) is 0 Å². The molecule has 0 radical (unpaired) electrons. The van der Waals surface area contributed by atoms with Crippen molar-refractivity contribution >= 4 is 11.5 Å². The molecule has 0 fully saturated rings. The molecule has 1 atom stereocenters. The molecule has 1 N–H and O–H groups in total. The summed E-state index contributed by atoms with van der Waals surface area (Å²) in [4.78, 5) is 18.2. The summed E-state index contributed by atoms with van der Waals surface area (Å²) in [5, 5.41) is 14.9. The summed E-state index contributed by atoms with van der Waals surface area (Å²) in [6, 6.07) is 0. The number of carbonyl (C=O) groups is 1. The second-order valence-electron chi connectivity index (χ2n) is 8.79. The largest absolute Gasteiger partial charge is 0.511 e. The van der Waals surface area contributed by atoms with E-state index in [1.165, 1.54) is 16.7 Å². The maximum absolute atomic E-state index is 13.0. The van der Waals surface area contributed by atoms with E-state index in [4.69, 9.17) is 9.57 Å². The highest BCUT2D eigenvalue weighted by Gasteiger charge is 2.38. The highest BCUT2D eigenvalue weighted by molar-refractivity contribution is 6.23. The molecule has 0 saturated carbocycles. The first-order valence-corrected chi connectivity index (χ1v) is 10.6. The summed E-state index contributed by atoms with van der Waals surface area (Å²) in [5.74, 6) is 1.02. The molecule has 0 spiro atoms. The van der Waals surface area contributed by atoms with E-state index in [1.807, 2.05) is 13.8 Å². The van der Waals surface area contributed by atoms with Crippen LogP contribution in [0.5, 0.6) is 5.75 Å². The quantitative estimate of drug-likeness (QED) is 0.533. The number of benzene rings is 1. The van der Waals surface area contributed by atoms with Crippen LogP contribution < -0.4 is 4.74 Å². The van der Waals surface area contributed by atoms with Crippen LogP contribution in [0.15, 0.2) is 16.5 Å². The molecule has 0 bridgehead atoms. The Morgan fingerprint density at radius 2 is 1.86 bits per heavy atom. The minimum atomic E-state index is -0.216. The lowest BCUT2D eigenvalue weighted by molar-refractivity contribution is -0.116. The molecule has 29 heavy (non-hydrogen) atoms. The smallest absolute Gasteiger partial charge is 0.168 e. The maximum atomic E-state index is 13.0. The van der Waals surface area contributed by atoms with Gasteiger partial charge >= 0.3 is 0 Å². The second-order valence-corrected chi connectivity index (χ2v) is 8.79. The number of Topliss-reactive ketones (excluding diaryl/α,β-unsaturated/α-hetero) is 1. The lowest BCUT2D eigenvalue weighted by Gasteiger charge is -2.28. The lowest BCUT2D eigenvalue weighted by atomic mass is 9.76. The minimum absolute atomic E-state index is 0.0378. The van der Waals surface area contributed by atoms with Crippen molar-refractivity contribution in [1.82, 2.24) is 0 Å². The van der Waals surface area contributed by atoms with Gasteiger partial charge in [-0.2, -0.15) is 0 Å². The molecule has 5 heteroatoms. The van der Waals surface area contributed by atoms with Crippen LogP contribution in [-0.2, 0) is 16.1 Å². The Kier molecular flexibility index (Phi) is 5.79. The number of oxime groups is 1. The highest BCUT2D eigenvalue weighted by atomic mass is 16.6.